The number of imidazole rings is 1. The third-order valence-corrected chi connectivity index (χ3v) is 3.00. The summed E-state index contributed by atoms with van der Waals surface area (Å²) in [6.07, 6.45) is 6.51. The molecule has 2 heterocycles. The molecule has 2 aromatic heterocycles. The molecule has 0 saturated carbocycles. The molecule has 5 heteroatoms. The summed E-state index contributed by atoms with van der Waals surface area (Å²) in [4.78, 5) is 12.8. The number of hydrogen-bond donors (Lipinski definition) is 2. The first kappa shape index (κ1) is 10.3. The Hall–Kier alpha value is -1.20. The third kappa shape index (κ3) is 3.14. The van der Waals surface area contributed by atoms with Crippen molar-refractivity contribution in [2.75, 3.05) is 6.54 Å². The highest BCUT2D eigenvalue weighted by molar-refractivity contribution is 7.11. The smallest absolute Gasteiger partial charge is 0.120 e. The predicted octanol–water partition coefficient (Wildman–Crippen LogP) is 1.51. The zero-order valence-electron chi connectivity index (χ0n) is 8.66. The van der Waals surface area contributed by atoms with Crippen LogP contribution in [-0.4, -0.2) is 21.5 Å². The van der Waals surface area contributed by atoms with Gasteiger partial charge in [0.2, 0.25) is 0 Å². The van der Waals surface area contributed by atoms with Gasteiger partial charge in [0.15, 0.2) is 0 Å². The Labute approximate surface area is 92.8 Å². The Morgan fingerprint density at radius 1 is 1.47 bits per heavy atom. The van der Waals surface area contributed by atoms with E-state index in [-0.39, 0.29) is 0 Å². The van der Waals surface area contributed by atoms with Gasteiger partial charge in [-0.05, 0) is 6.92 Å². The fourth-order valence-electron chi connectivity index (χ4n) is 1.31. The van der Waals surface area contributed by atoms with Gasteiger partial charge in [-0.15, -0.1) is 11.3 Å². The van der Waals surface area contributed by atoms with Crippen LogP contribution >= 0.6 is 11.3 Å². The summed E-state index contributed by atoms with van der Waals surface area (Å²) < 4.78 is 0. The fourth-order valence-corrected chi connectivity index (χ4v) is 2.10. The van der Waals surface area contributed by atoms with Crippen molar-refractivity contribution < 1.29 is 0 Å². The summed E-state index contributed by atoms with van der Waals surface area (Å²) in [6, 6.07) is 0. The second-order valence-electron chi connectivity index (χ2n) is 3.33. The standard InChI is InChI=1S/C10H14N4S/c1-8-6-14-10(15-8)2-3-11-7-9-12-4-5-13-9/h4-6,11H,2-3,7H2,1H3,(H,12,13). The summed E-state index contributed by atoms with van der Waals surface area (Å²) >= 11 is 1.76. The fraction of sp³-hybridized carbons (Fsp3) is 0.400. The Morgan fingerprint density at radius 3 is 3.07 bits per heavy atom. The van der Waals surface area contributed by atoms with Gasteiger partial charge in [0.1, 0.15) is 5.82 Å². The molecule has 0 unspecified atom stereocenters. The molecule has 2 rings (SSSR count). The van der Waals surface area contributed by atoms with Crippen molar-refractivity contribution in [2.24, 2.45) is 0 Å². The summed E-state index contributed by atoms with van der Waals surface area (Å²) in [5, 5.41) is 4.51. The molecular formula is C10H14N4S. The first-order valence-electron chi connectivity index (χ1n) is 4.95. The molecule has 0 bridgehead atoms. The van der Waals surface area contributed by atoms with Crippen LogP contribution in [0.15, 0.2) is 18.6 Å². The van der Waals surface area contributed by atoms with Gasteiger partial charge in [-0.2, -0.15) is 0 Å². The lowest BCUT2D eigenvalue weighted by atomic mass is 10.4. The number of nitrogens with zero attached hydrogens (tertiary/aromatic N) is 2. The summed E-state index contributed by atoms with van der Waals surface area (Å²) in [5.74, 6) is 0.977. The highest BCUT2D eigenvalue weighted by Crippen LogP contribution is 2.10. The molecule has 0 spiro atoms. The van der Waals surface area contributed by atoms with Crippen LogP contribution in [0.1, 0.15) is 15.7 Å². The van der Waals surface area contributed by atoms with Crippen molar-refractivity contribution in [1.29, 1.82) is 0 Å². The van der Waals surface area contributed by atoms with E-state index in [1.54, 1.807) is 17.5 Å². The minimum absolute atomic E-state index is 0.789. The molecule has 2 aromatic rings. The molecule has 4 nitrogen and oxygen atoms in total. The van der Waals surface area contributed by atoms with Crippen LogP contribution in [0.3, 0.4) is 0 Å². The largest absolute Gasteiger partial charge is 0.348 e. The SMILES string of the molecule is Cc1cnc(CCNCc2ncc[nH]2)s1. The van der Waals surface area contributed by atoms with Gasteiger partial charge in [-0.3, -0.25) is 0 Å². The number of thiazole rings is 1. The third-order valence-electron chi connectivity index (χ3n) is 2.03. The molecule has 0 aliphatic carbocycles. The molecule has 0 saturated heterocycles. The molecule has 0 aliphatic rings. The van der Waals surface area contributed by atoms with Gasteiger partial charge in [0.25, 0.3) is 0 Å². The number of aromatic amines is 1. The van der Waals surface area contributed by atoms with E-state index < -0.39 is 0 Å². The maximum Gasteiger partial charge on any atom is 0.120 e. The van der Waals surface area contributed by atoms with Crippen molar-refractivity contribution in [1.82, 2.24) is 20.3 Å². The van der Waals surface area contributed by atoms with E-state index in [1.807, 2.05) is 12.4 Å². The van der Waals surface area contributed by atoms with Crippen molar-refractivity contribution in [3.63, 3.8) is 0 Å². The van der Waals surface area contributed by atoms with Crippen LogP contribution in [-0.2, 0) is 13.0 Å². The van der Waals surface area contributed by atoms with Crippen LogP contribution in [0.2, 0.25) is 0 Å². The number of H-pyrrole nitrogens is 1. The molecular weight excluding hydrogens is 208 g/mol. The van der Waals surface area contributed by atoms with Gasteiger partial charge in [-0.25, -0.2) is 9.97 Å². The molecule has 0 aliphatic heterocycles. The summed E-state index contributed by atoms with van der Waals surface area (Å²) in [6.45, 7) is 3.81. The van der Waals surface area contributed by atoms with Crippen molar-refractivity contribution in [3.05, 3.63) is 34.3 Å². The minimum Gasteiger partial charge on any atom is -0.348 e. The maximum atomic E-state index is 4.31. The predicted molar refractivity (Wildman–Crippen MR) is 60.8 cm³/mol. The zero-order chi connectivity index (χ0) is 10.5. The lowest BCUT2D eigenvalue weighted by Gasteiger charge is -1.99. The monoisotopic (exact) mass is 222 g/mol. The second kappa shape index (κ2) is 5.04. The van der Waals surface area contributed by atoms with Gasteiger partial charge in [0, 0.05) is 36.4 Å². The number of rotatable bonds is 5. The van der Waals surface area contributed by atoms with Crippen LogP contribution in [0, 0.1) is 6.92 Å². The van der Waals surface area contributed by atoms with Gasteiger partial charge in [0.05, 0.1) is 11.6 Å². The summed E-state index contributed by atoms with van der Waals surface area (Å²) in [5.41, 5.74) is 0. The Kier molecular flexibility index (Phi) is 3.47. The van der Waals surface area contributed by atoms with E-state index >= 15 is 0 Å². The van der Waals surface area contributed by atoms with Gasteiger partial charge in [-0.1, -0.05) is 0 Å². The first-order valence-corrected chi connectivity index (χ1v) is 5.76. The first-order chi connectivity index (χ1) is 7.34. The van der Waals surface area contributed by atoms with E-state index in [0.29, 0.717) is 0 Å². The molecule has 0 amide bonds. The van der Waals surface area contributed by atoms with E-state index in [9.17, 15) is 0 Å². The van der Waals surface area contributed by atoms with Crippen LogP contribution in [0.4, 0.5) is 0 Å². The highest BCUT2D eigenvalue weighted by Gasteiger charge is 1.98. The number of nitrogens with one attached hydrogen (secondary N) is 2. The molecule has 80 valence electrons. The number of aromatic nitrogens is 3. The molecule has 2 N–H and O–H groups in total. The van der Waals surface area contributed by atoms with Gasteiger partial charge < -0.3 is 10.3 Å². The quantitative estimate of drug-likeness (QED) is 0.754. The van der Waals surface area contributed by atoms with E-state index in [2.05, 4.69) is 27.2 Å². The van der Waals surface area contributed by atoms with Crippen molar-refractivity contribution in [2.45, 2.75) is 19.9 Å². The van der Waals surface area contributed by atoms with E-state index in [1.165, 1.54) is 9.88 Å². The molecule has 0 fully saturated rings. The van der Waals surface area contributed by atoms with Crippen molar-refractivity contribution >= 4 is 11.3 Å². The van der Waals surface area contributed by atoms with Crippen LogP contribution in [0.5, 0.6) is 0 Å². The van der Waals surface area contributed by atoms with Crippen molar-refractivity contribution in [3.8, 4) is 0 Å². The molecule has 0 aromatic carbocycles. The average molecular weight is 222 g/mol. The lowest BCUT2D eigenvalue weighted by Crippen LogP contribution is -2.17. The molecule has 0 atom stereocenters. The Morgan fingerprint density at radius 2 is 2.40 bits per heavy atom. The Balaban J connectivity index is 1.67. The van der Waals surface area contributed by atoms with Crippen LogP contribution in [0.25, 0.3) is 0 Å². The highest BCUT2D eigenvalue weighted by atomic mass is 32.1. The molecule has 15 heavy (non-hydrogen) atoms. The normalized spacial score (nSPS) is 10.7. The van der Waals surface area contributed by atoms with E-state index in [4.69, 9.17) is 0 Å². The average Bonchev–Trinajstić information content (AvgIpc) is 2.84. The Bertz CT molecular complexity index is 393. The topological polar surface area (TPSA) is 53.6 Å². The zero-order valence-corrected chi connectivity index (χ0v) is 9.47. The van der Waals surface area contributed by atoms with Crippen LogP contribution < -0.4 is 5.32 Å². The molecule has 0 radical (unpaired) electrons. The van der Waals surface area contributed by atoms with Gasteiger partial charge >= 0.3 is 0 Å². The number of aryl methyl sites for hydroxylation is 1. The second-order valence-corrected chi connectivity index (χ2v) is 4.65. The summed E-state index contributed by atoms with van der Waals surface area (Å²) in [7, 11) is 0. The number of hydrogen-bond acceptors (Lipinski definition) is 4. The minimum atomic E-state index is 0.789. The lowest BCUT2D eigenvalue weighted by molar-refractivity contribution is 0.663. The van der Waals surface area contributed by atoms with E-state index in [0.717, 1.165) is 25.3 Å². The maximum absolute atomic E-state index is 4.31.